The molecule has 1 aliphatic heterocycles. The van der Waals surface area contributed by atoms with E-state index in [4.69, 9.17) is 9.84 Å². The van der Waals surface area contributed by atoms with Gasteiger partial charge in [-0.15, -0.1) is 0 Å². The van der Waals surface area contributed by atoms with Gasteiger partial charge in [0.1, 0.15) is 5.82 Å². The minimum absolute atomic E-state index is 0.0110. The van der Waals surface area contributed by atoms with Crippen LogP contribution in [0.25, 0.3) is 0 Å². The molecule has 7 nitrogen and oxygen atoms in total. The predicted molar refractivity (Wildman–Crippen MR) is 95.4 cm³/mol. The molecule has 0 amide bonds. The Hall–Kier alpha value is -2.59. The smallest absolute Gasteiger partial charge is 0.395 e. The van der Waals surface area contributed by atoms with Gasteiger partial charge in [0.05, 0.1) is 19.8 Å². The first-order valence-corrected chi connectivity index (χ1v) is 8.46. The third kappa shape index (κ3) is 5.20. The second-order valence-electron chi connectivity index (χ2n) is 5.88. The summed E-state index contributed by atoms with van der Waals surface area (Å²) in [6.45, 7) is 2.75. The Bertz CT molecular complexity index is 749. The van der Waals surface area contributed by atoms with Crippen LogP contribution in [0.3, 0.4) is 0 Å². The number of hydrogen-bond acceptors (Lipinski definition) is 7. The van der Waals surface area contributed by atoms with Crippen molar-refractivity contribution in [2.24, 2.45) is 0 Å². The van der Waals surface area contributed by atoms with Crippen molar-refractivity contribution in [1.82, 2.24) is 9.97 Å². The number of aliphatic hydroxyl groups is 1. The Morgan fingerprint density at radius 1 is 1.11 bits per heavy atom. The molecule has 3 rings (SSSR count). The summed E-state index contributed by atoms with van der Waals surface area (Å²) in [5.41, 5.74) is 0.560. The molecule has 0 spiro atoms. The van der Waals surface area contributed by atoms with Crippen molar-refractivity contribution in [1.29, 1.82) is 0 Å². The van der Waals surface area contributed by atoms with Crippen LogP contribution in [0.15, 0.2) is 30.3 Å². The molecule has 0 radical (unpaired) electrons. The van der Waals surface area contributed by atoms with E-state index in [1.807, 2.05) is 12.1 Å². The SMILES string of the molecule is OCCNc1nc(Nc2ccc(N3CCOCC3)cc2)cc(C(F)(F)F)n1. The quantitative estimate of drug-likeness (QED) is 0.707. The molecule has 3 N–H and O–H groups in total. The summed E-state index contributed by atoms with van der Waals surface area (Å²) in [7, 11) is 0. The van der Waals surface area contributed by atoms with E-state index in [1.165, 1.54) is 0 Å². The number of benzene rings is 1. The molecule has 1 fully saturated rings. The number of anilines is 4. The summed E-state index contributed by atoms with van der Waals surface area (Å²) in [5, 5.41) is 14.2. The molecule has 0 unspecified atom stereocenters. The van der Waals surface area contributed by atoms with Gasteiger partial charge in [-0.1, -0.05) is 0 Å². The van der Waals surface area contributed by atoms with Crippen LogP contribution in [0.2, 0.25) is 0 Å². The fourth-order valence-electron chi connectivity index (χ4n) is 2.63. The Labute approximate surface area is 154 Å². The molecule has 0 aliphatic carbocycles. The minimum atomic E-state index is -4.60. The van der Waals surface area contributed by atoms with Crippen LogP contribution in [-0.2, 0) is 10.9 Å². The highest BCUT2D eigenvalue weighted by Gasteiger charge is 2.33. The number of rotatable bonds is 6. The molecule has 2 aromatic rings. The fraction of sp³-hybridized carbons (Fsp3) is 0.412. The van der Waals surface area contributed by atoms with Crippen LogP contribution in [0.1, 0.15) is 5.69 Å². The first-order valence-electron chi connectivity index (χ1n) is 8.46. The minimum Gasteiger partial charge on any atom is -0.395 e. The van der Waals surface area contributed by atoms with Crippen LogP contribution in [0.4, 0.5) is 36.3 Å². The Kier molecular flexibility index (Phi) is 5.97. The van der Waals surface area contributed by atoms with Crippen molar-refractivity contribution in [3.05, 3.63) is 36.0 Å². The monoisotopic (exact) mass is 383 g/mol. The molecule has 0 atom stereocenters. The van der Waals surface area contributed by atoms with Crippen molar-refractivity contribution in [3.63, 3.8) is 0 Å². The third-order valence-corrected chi connectivity index (χ3v) is 3.93. The lowest BCUT2D eigenvalue weighted by Gasteiger charge is -2.28. The topological polar surface area (TPSA) is 82.5 Å². The van der Waals surface area contributed by atoms with E-state index < -0.39 is 11.9 Å². The highest BCUT2D eigenvalue weighted by Crippen LogP contribution is 2.30. The van der Waals surface area contributed by atoms with E-state index in [9.17, 15) is 13.2 Å². The van der Waals surface area contributed by atoms with Crippen LogP contribution < -0.4 is 15.5 Å². The zero-order valence-corrected chi connectivity index (χ0v) is 14.5. The van der Waals surface area contributed by atoms with Crippen LogP contribution >= 0.6 is 0 Å². The van der Waals surface area contributed by atoms with Crippen molar-refractivity contribution < 1.29 is 23.0 Å². The van der Waals surface area contributed by atoms with Gasteiger partial charge in [-0.2, -0.15) is 18.2 Å². The maximum atomic E-state index is 13.1. The second-order valence-corrected chi connectivity index (χ2v) is 5.88. The normalized spacial score (nSPS) is 14.9. The van der Waals surface area contributed by atoms with Gasteiger partial charge in [0.15, 0.2) is 5.69 Å². The Morgan fingerprint density at radius 2 is 1.81 bits per heavy atom. The maximum absolute atomic E-state index is 13.1. The summed E-state index contributed by atoms with van der Waals surface area (Å²) < 4.78 is 44.5. The van der Waals surface area contributed by atoms with Gasteiger partial charge in [-0.3, -0.25) is 0 Å². The summed E-state index contributed by atoms with van der Waals surface area (Å²) in [6, 6.07) is 8.19. The lowest BCUT2D eigenvalue weighted by Crippen LogP contribution is -2.36. The highest BCUT2D eigenvalue weighted by atomic mass is 19.4. The highest BCUT2D eigenvalue weighted by molar-refractivity contribution is 5.62. The van der Waals surface area contributed by atoms with Gasteiger partial charge in [0.25, 0.3) is 0 Å². The van der Waals surface area contributed by atoms with Gasteiger partial charge < -0.3 is 25.4 Å². The number of aliphatic hydroxyl groups excluding tert-OH is 1. The molecule has 1 aromatic carbocycles. The Morgan fingerprint density at radius 3 is 2.44 bits per heavy atom. The summed E-state index contributed by atoms with van der Waals surface area (Å²) in [6.07, 6.45) is -4.60. The molecule has 2 heterocycles. The molecule has 0 saturated carbocycles. The van der Waals surface area contributed by atoms with Crippen molar-refractivity contribution in [3.8, 4) is 0 Å². The van der Waals surface area contributed by atoms with E-state index in [0.29, 0.717) is 18.9 Å². The van der Waals surface area contributed by atoms with Crippen molar-refractivity contribution in [2.45, 2.75) is 6.18 Å². The largest absolute Gasteiger partial charge is 0.433 e. The number of morpholine rings is 1. The number of aromatic nitrogens is 2. The lowest BCUT2D eigenvalue weighted by molar-refractivity contribution is -0.141. The standard InChI is InChI=1S/C17H20F3N5O2/c18-17(19,20)14-11-15(24-16(23-14)21-5-8-26)22-12-1-3-13(4-2-12)25-6-9-27-10-7-25/h1-4,11,26H,5-10H2,(H2,21,22,23,24). The van der Waals surface area contributed by atoms with Gasteiger partial charge in [-0.25, -0.2) is 4.98 Å². The average molecular weight is 383 g/mol. The molecule has 0 bridgehead atoms. The number of nitrogens with zero attached hydrogens (tertiary/aromatic N) is 3. The van der Waals surface area contributed by atoms with Crippen LogP contribution in [-0.4, -0.2) is 54.5 Å². The van der Waals surface area contributed by atoms with Crippen LogP contribution in [0, 0.1) is 0 Å². The van der Waals surface area contributed by atoms with E-state index in [-0.39, 0.29) is 24.9 Å². The molecular weight excluding hydrogens is 363 g/mol. The van der Waals surface area contributed by atoms with E-state index in [1.54, 1.807) is 12.1 Å². The Balaban J connectivity index is 1.77. The van der Waals surface area contributed by atoms with Gasteiger partial charge in [0, 0.05) is 37.1 Å². The summed E-state index contributed by atoms with van der Waals surface area (Å²) in [4.78, 5) is 9.64. The number of ether oxygens (including phenoxy) is 1. The first kappa shape index (κ1) is 19.2. The van der Waals surface area contributed by atoms with Crippen molar-refractivity contribution in [2.75, 3.05) is 55.0 Å². The third-order valence-electron chi connectivity index (χ3n) is 3.93. The molecule has 1 aromatic heterocycles. The number of hydrogen-bond donors (Lipinski definition) is 3. The lowest BCUT2D eigenvalue weighted by atomic mass is 10.2. The van der Waals surface area contributed by atoms with Crippen LogP contribution in [0.5, 0.6) is 0 Å². The predicted octanol–water partition coefficient (Wildman–Crippen LogP) is 2.48. The molecule has 10 heteroatoms. The second kappa shape index (κ2) is 8.40. The number of alkyl halides is 3. The molecule has 1 saturated heterocycles. The number of nitrogens with one attached hydrogen (secondary N) is 2. The van der Waals surface area contributed by atoms with Gasteiger partial charge in [0.2, 0.25) is 5.95 Å². The number of halogens is 3. The van der Waals surface area contributed by atoms with Gasteiger partial charge >= 0.3 is 6.18 Å². The fourth-order valence-corrected chi connectivity index (χ4v) is 2.63. The molecular formula is C17H20F3N5O2. The molecule has 146 valence electrons. The average Bonchev–Trinajstić information content (AvgIpc) is 2.67. The maximum Gasteiger partial charge on any atom is 0.433 e. The van der Waals surface area contributed by atoms with E-state index >= 15 is 0 Å². The van der Waals surface area contributed by atoms with E-state index in [2.05, 4.69) is 25.5 Å². The zero-order chi connectivity index (χ0) is 19.3. The zero-order valence-electron chi connectivity index (χ0n) is 14.5. The summed E-state index contributed by atoms with van der Waals surface area (Å²) in [5.74, 6) is -0.191. The molecule has 27 heavy (non-hydrogen) atoms. The van der Waals surface area contributed by atoms with Crippen molar-refractivity contribution >= 4 is 23.1 Å². The first-order chi connectivity index (χ1) is 13.0. The van der Waals surface area contributed by atoms with E-state index in [0.717, 1.165) is 24.8 Å². The summed E-state index contributed by atoms with van der Waals surface area (Å²) >= 11 is 0. The van der Waals surface area contributed by atoms with Gasteiger partial charge in [-0.05, 0) is 24.3 Å². The molecule has 1 aliphatic rings.